The highest BCUT2D eigenvalue weighted by molar-refractivity contribution is 6.30. The lowest BCUT2D eigenvalue weighted by molar-refractivity contribution is 0.176. The van der Waals surface area contributed by atoms with Gasteiger partial charge in [0, 0.05) is 22.4 Å². The molecule has 0 fully saturated rings. The number of benzene rings is 2. The molecule has 0 amide bonds. The number of aliphatic hydroxyl groups is 1. The summed E-state index contributed by atoms with van der Waals surface area (Å²) in [6.45, 7) is 1.80. The summed E-state index contributed by atoms with van der Waals surface area (Å²) >= 11 is 5.88. The minimum absolute atomic E-state index is 0.150. The van der Waals surface area contributed by atoms with Gasteiger partial charge in [-0.15, -0.1) is 0 Å². The van der Waals surface area contributed by atoms with Crippen LogP contribution < -0.4 is 0 Å². The summed E-state index contributed by atoms with van der Waals surface area (Å²) in [6, 6.07) is 11.8. The number of fused-ring (bicyclic) bond motifs is 1. The number of hydrogen-bond acceptors (Lipinski definition) is 2. The Kier molecular flexibility index (Phi) is 3.70. The van der Waals surface area contributed by atoms with Crippen LogP contribution in [0.25, 0.3) is 11.0 Å². The molecule has 2 aromatic carbocycles. The molecular weight excluding hydrogens is 291 g/mol. The Bertz CT molecular complexity index is 795. The van der Waals surface area contributed by atoms with E-state index in [1.165, 1.54) is 18.2 Å². The molecule has 1 N–H and O–H groups in total. The first-order valence-electron chi connectivity index (χ1n) is 6.66. The van der Waals surface area contributed by atoms with Crippen LogP contribution in [-0.2, 0) is 6.42 Å². The van der Waals surface area contributed by atoms with E-state index < -0.39 is 6.10 Å². The highest BCUT2D eigenvalue weighted by atomic mass is 35.5. The van der Waals surface area contributed by atoms with Crippen molar-refractivity contribution in [3.63, 3.8) is 0 Å². The average molecular weight is 305 g/mol. The van der Waals surface area contributed by atoms with E-state index >= 15 is 0 Å². The molecule has 3 aromatic rings. The van der Waals surface area contributed by atoms with Gasteiger partial charge < -0.3 is 9.52 Å². The highest BCUT2D eigenvalue weighted by Gasteiger charge is 2.20. The largest absolute Gasteiger partial charge is 0.461 e. The van der Waals surface area contributed by atoms with Crippen molar-refractivity contribution in [3.8, 4) is 0 Å². The Balaban J connectivity index is 1.99. The lowest BCUT2D eigenvalue weighted by Gasteiger charge is -2.11. The van der Waals surface area contributed by atoms with Crippen LogP contribution in [0.5, 0.6) is 0 Å². The smallest absolute Gasteiger partial charge is 0.134 e. The second-order valence-corrected chi connectivity index (χ2v) is 5.46. The molecule has 0 saturated carbocycles. The summed E-state index contributed by atoms with van der Waals surface area (Å²) in [6.07, 6.45) is -0.696. The number of para-hydroxylation sites is 1. The number of aryl methyl sites for hydroxylation is 1. The molecule has 0 aliphatic rings. The summed E-state index contributed by atoms with van der Waals surface area (Å²) in [7, 11) is 0. The van der Waals surface area contributed by atoms with Crippen molar-refractivity contribution in [2.45, 2.75) is 19.4 Å². The lowest BCUT2D eigenvalue weighted by atomic mass is 9.98. The van der Waals surface area contributed by atoms with Gasteiger partial charge in [0.2, 0.25) is 0 Å². The van der Waals surface area contributed by atoms with E-state index in [9.17, 15) is 9.50 Å². The molecule has 0 aliphatic heterocycles. The van der Waals surface area contributed by atoms with E-state index in [-0.39, 0.29) is 12.2 Å². The fraction of sp³-hybridized carbons (Fsp3) is 0.176. The standard InChI is InChI=1S/C17H14ClFO2/c1-10-17(13-4-2-3-5-16(13)21-10)15(20)9-11-8-12(18)6-7-14(11)19/h2-8,15,20H,9H2,1H3. The van der Waals surface area contributed by atoms with Gasteiger partial charge >= 0.3 is 0 Å². The van der Waals surface area contributed by atoms with Crippen molar-refractivity contribution in [2.24, 2.45) is 0 Å². The third-order valence-electron chi connectivity index (χ3n) is 3.57. The van der Waals surface area contributed by atoms with E-state index in [4.69, 9.17) is 16.0 Å². The van der Waals surface area contributed by atoms with Crippen molar-refractivity contribution < 1.29 is 13.9 Å². The van der Waals surface area contributed by atoms with Crippen molar-refractivity contribution in [1.82, 2.24) is 0 Å². The summed E-state index contributed by atoms with van der Waals surface area (Å²) in [5.41, 5.74) is 1.81. The summed E-state index contributed by atoms with van der Waals surface area (Å²) in [5.74, 6) is 0.273. The van der Waals surface area contributed by atoms with Crippen molar-refractivity contribution in [2.75, 3.05) is 0 Å². The van der Waals surface area contributed by atoms with E-state index in [1.807, 2.05) is 24.3 Å². The fourth-order valence-corrected chi connectivity index (χ4v) is 2.81. The average Bonchev–Trinajstić information content (AvgIpc) is 2.78. The van der Waals surface area contributed by atoms with Crippen molar-refractivity contribution in [3.05, 3.63) is 70.2 Å². The van der Waals surface area contributed by atoms with Gasteiger partial charge in [-0.05, 0) is 36.8 Å². The van der Waals surface area contributed by atoms with E-state index in [2.05, 4.69) is 0 Å². The first-order chi connectivity index (χ1) is 10.1. The SMILES string of the molecule is Cc1oc2ccccc2c1C(O)Cc1cc(Cl)ccc1F. The lowest BCUT2D eigenvalue weighted by Crippen LogP contribution is -2.04. The second kappa shape index (κ2) is 5.51. The Morgan fingerprint density at radius 3 is 2.81 bits per heavy atom. The molecule has 1 aromatic heterocycles. The molecule has 0 aliphatic carbocycles. The zero-order valence-electron chi connectivity index (χ0n) is 11.4. The van der Waals surface area contributed by atoms with Crippen molar-refractivity contribution in [1.29, 1.82) is 0 Å². The predicted octanol–water partition coefficient (Wildman–Crippen LogP) is 4.81. The zero-order valence-corrected chi connectivity index (χ0v) is 12.2. The van der Waals surface area contributed by atoms with E-state index in [1.54, 1.807) is 6.92 Å². The van der Waals surface area contributed by atoms with Crippen molar-refractivity contribution >= 4 is 22.6 Å². The third kappa shape index (κ3) is 2.67. The molecule has 2 nitrogen and oxygen atoms in total. The van der Waals surface area contributed by atoms with Gasteiger partial charge in [0.05, 0.1) is 6.10 Å². The molecule has 3 rings (SSSR count). The summed E-state index contributed by atoms with van der Waals surface area (Å²) in [5, 5.41) is 11.8. The van der Waals surface area contributed by atoms with Gasteiger partial charge in [-0.2, -0.15) is 0 Å². The minimum atomic E-state index is -0.846. The summed E-state index contributed by atoms with van der Waals surface area (Å²) < 4.78 is 19.4. The molecule has 4 heteroatoms. The second-order valence-electron chi connectivity index (χ2n) is 5.02. The Hall–Kier alpha value is -1.84. The highest BCUT2D eigenvalue weighted by Crippen LogP contribution is 2.32. The van der Waals surface area contributed by atoms with Gasteiger partial charge in [-0.1, -0.05) is 29.8 Å². The molecule has 0 saturated heterocycles. The molecule has 1 atom stereocenters. The van der Waals surface area contributed by atoms with Gasteiger partial charge in [0.25, 0.3) is 0 Å². The Morgan fingerprint density at radius 1 is 1.24 bits per heavy atom. The van der Waals surface area contributed by atoms with Crippen LogP contribution in [0.1, 0.15) is 23.0 Å². The number of hydrogen-bond donors (Lipinski definition) is 1. The molecule has 0 bridgehead atoms. The van der Waals surface area contributed by atoms with Crippen LogP contribution in [0.4, 0.5) is 4.39 Å². The quantitative estimate of drug-likeness (QED) is 0.753. The predicted molar refractivity (Wildman–Crippen MR) is 81.0 cm³/mol. The number of aliphatic hydroxyl groups excluding tert-OH is 1. The summed E-state index contributed by atoms with van der Waals surface area (Å²) in [4.78, 5) is 0. The Labute approximate surface area is 126 Å². The van der Waals surface area contributed by atoms with Crippen LogP contribution in [0, 0.1) is 12.7 Å². The topological polar surface area (TPSA) is 33.4 Å². The molecule has 0 radical (unpaired) electrons. The third-order valence-corrected chi connectivity index (χ3v) is 3.81. The fourth-order valence-electron chi connectivity index (χ4n) is 2.61. The number of halogens is 2. The maximum absolute atomic E-state index is 13.8. The molecule has 21 heavy (non-hydrogen) atoms. The maximum atomic E-state index is 13.8. The zero-order chi connectivity index (χ0) is 15.0. The van der Waals surface area contributed by atoms with E-state index in [0.717, 1.165) is 11.0 Å². The molecular formula is C17H14ClFO2. The monoisotopic (exact) mass is 304 g/mol. The van der Waals surface area contributed by atoms with Gasteiger partial charge in [-0.3, -0.25) is 0 Å². The van der Waals surface area contributed by atoms with Crippen LogP contribution >= 0.6 is 11.6 Å². The van der Waals surface area contributed by atoms with Gasteiger partial charge in [0.1, 0.15) is 17.2 Å². The minimum Gasteiger partial charge on any atom is -0.461 e. The molecule has 108 valence electrons. The number of rotatable bonds is 3. The first kappa shape index (κ1) is 14.1. The van der Waals surface area contributed by atoms with Crippen LogP contribution in [0.3, 0.4) is 0 Å². The van der Waals surface area contributed by atoms with Crippen LogP contribution in [0.15, 0.2) is 46.9 Å². The maximum Gasteiger partial charge on any atom is 0.134 e. The first-order valence-corrected chi connectivity index (χ1v) is 7.04. The molecule has 1 heterocycles. The number of furan rings is 1. The molecule has 0 spiro atoms. The molecule has 1 unspecified atom stereocenters. The van der Waals surface area contributed by atoms with Gasteiger partial charge in [0.15, 0.2) is 0 Å². The normalized spacial score (nSPS) is 12.8. The van der Waals surface area contributed by atoms with E-state index in [0.29, 0.717) is 21.9 Å². The van der Waals surface area contributed by atoms with Gasteiger partial charge in [-0.25, -0.2) is 4.39 Å². The van der Waals surface area contributed by atoms with Crippen LogP contribution in [-0.4, -0.2) is 5.11 Å². The van der Waals surface area contributed by atoms with Crippen LogP contribution in [0.2, 0.25) is 5.02 Å². The Morgan fingerprint density at radius 2 is 2.00 bits per heavy atom.